The first kappa shape index (κ1) is 12.7. The summed E-state index contributed by atoms with van der Waals surface area (Å²) >= 11 is 2.28. The van der Waals surface area contributed by atoms with E-state index in [4.69, 9.17) is 4.74 Å². The summed E-state index contributed by atoms with van der Waals surface area (Å²) < 4.78 is 7.16. The largest absolute Gasteiger partial charge is 0.488 e. The minimum absolute atomic E-state index is 0.0495. The first-order valence-corrected chi connectivity index (χ1v) is 7.20. The van der Waals surface area contributed by atoms with Crippen molar-refractivity contribution in [2.75, 3.05) is 0 Å². The van der Waals surface area contributed by atoms with Gasteiger partial charge in [0, 0.05) is 0 Å². The Morgan fingerprint density at radius 1 is 1.18 bits per heavy atom. The fourth-order valence-corrected chi connectivity index (χ4v) is 2.78. The van der Waals surface area contributed by atoms with Crippen molar-refractivity contribution in [3.63, 3.8) is 0 Å². The van der Waals surface area contributed by atoms with Crippen LogP contribution in [0, 0.1) is 20.8 Å². The van der Waals surface area contributed by atoms with E-state index in [2.05, 4.69) is 28.7 Å². The molecule has 1 aliphatic carbocycles. The molecule has 0 spiro atoms. The Morgan fingerprint density at radius 3 is 2.71 bits per heavy atom. The Labute approximate surface area is 116 Å². The zero-order valence-electron chi connectivity index (χ0n) is 9.73. The summed E-state index contributed by atoms with van der Waals surface area (Å²) in [5.41, 5.74) is 0. The Hall–Kier alpha value is -0.760. The molecule has 90 valence electrons. The van der Waals surface area contributed by atoms with E-state index >= 15 is 0 Å². The molecule has 0 amide bonds. The lowest BCUT2D eigenvalue weighted by Crippen LogP contribution is -2.25. The Balaban J connectivity index is 2.10. The second-order valence-electron chi connectivity index (χ2n) is 4.46. The summed E-state index contributed by atoms with van der Waals surface area (Å²) in [5.74, 6) is 0.966. The van der Waals surface area contributed by atoms with E-state index < -0.39 is 0 Å². The molecule has 2 rings (SSSR count). The van der Waals surface area contributed by atoms with Crippen LogP contribution in [0.1, 0.15) is 32.1 Å². The van der Waals surface area contributed by atoms with Crippen molar-refractivity contribution in [1.82, 2.24) is 0 Å². The molecule has 0 bridgehead atoms. The van der Waals surface area contributed by atoms with Crippen LogP contribution in [0.3, 0.4) is 0 Å². The van der Waals surface area contributed by atoms with Gasteiger partial charge in [0.1, 0.15) is 11.9 Å². The van der Waals surface area contributed by atoms with Gasteiger partial charge in [-0.1, -0.05) is 25.0 Å². The highest BCUT2D eigenvalue weighted by molar-refractivity contribution is 14.1. The maximum Gasteiger partial charge on any atom is 0.133 e. The third-order valence-electron chi connectivity index (χ3n) is 3.23. The van der Waals surface area contributed by atoms with Crippen LogP contribution in [0.4, 0.5) is 0 Å². The molecule has 2 unspecified atom stereocenters. The van der Waals surface area contributed by atoms with Crippen LogP contribution in [0.25, 0.3) is 0 Å². The molecule has 2 atom stereocenters. The lowest BCUT2D eigenvalue weighted by molar-refractivity contribution is 0.151. The first-order chi connectivity index (χ1) is 8.31. The van der Waals surface area contributed by atoms with Gasteiger partial charge < -0.3 is 4.74 Å². The molecule has 2 nitrogen and oxygen atoms in total. The molecule has 1 aromatic carbocycles. The van der Waals surface area contributed by atoms with Crippen molar-refractivity contribution in [2.45, 2.75) is 38.2 Å². The van der Waals surface area contributed by atoms with Gasteiger partial charge in [0.2, 0.25) is 0 Å². The van der Waals surface area contributed by atoms with Gasteiger partial charge in [-0.2, -0.15) is 5.26 Å². The van der Waals surface area contributed by atoms with Crippen LogP contribution in [-0.2, 0) is 0 Å². The van der Waals surface area contributed by atoms with Gasteiger partial charge in [0.15, 0.2) is 0 Å². The lowest BCUT2D eigenvalue weighted by atomic mass is 9.99. The number of para-hydroxylation sites is 1. The predicted octanol–water partition coefficient (Wildman–Crippen LogP) is 4.14. The van der Waals surface area contributed by atoms with E-state index in [0.717, 1.165) is 28.6 Å². The van der Waals surface area contributed by atoms with E-state index in [1.807, 2.05) is 24.3 Å². The molecule has 0 aliphatic heterocycles. The van der Waals surface area contributed by atoms with Crippen LogP contribution in [0.2, 0.25) is 0 Å². The molecule has 1 aliphatic rings. The van der Waals surface area contributed by atoms with Crippen molar-refractivity contribution in [3.8, 4) is 11.8 Å². The molecular weight excluding hydrogens is 325 g/mol. The number of rotatable bonds is 2. The van der Waals surface area contributed by atoms with Gasteiger partial charge >= 0.3 is 0 Å². The van der Waals surface area contributed by atoms with Crippen LogP contribution in [0.15, 0.2) is 24.3 Å². The Bertz CT molecular complexity index is 413. The SMILES string of the molecule is N#CC1CCCCCC1Oc1ccccc1I. The number of hydrogen-bond donors (Lipinski definition) is 0. The molecule has 0 saturated heterocycles. The summed E-state index contributed by atoms with van der Waals surface area (Å²) in [4.78, 5) is 0. The summed E-state index contributed by atoms with van der Waals surface area (Å²) in [6.07, 6.45) is 5.60. The second-order valence-corrected chi connectivity index (χ2v) is 5.62. The van der Waals surface area contributed by atoms with Gasteiger partial charge in [0.25, 0.3) is 0 Å². The fourth-order valence-electron chi connectivity index (χ4n) is 2.27. The van der Waals surface area contributed by atoms with E-state index in [1.54, 1.807) is 0 Å². The Kier molecular flexibility index (Phi) is 4.66. The topological polar surface area (TPSA) is 33.0 Å². The average molecular weight is 341 g/mol. The number of nitriles is 1. The van der Waals surface area contributed by atoms with Gasteiger partial charge in [-0.15, -0.1) is 0 Å². The van der Waals surface area contributed by atoms with Crippen molar-refractivity contribution in [2.24, 2.45) is 5.92 Å². The molecule has 17 heavy (non-hydrogen) atoms. The first-order valence-electron chi connectivity index (χ1n) is 6.12. The van der Waals surface area contributed by atoms with Crippen molar-refractivity contribution < 1.29 is 4.74 Å². The van der Waals surface area contributed by atoms with Crippen LogP contribution < -0.4 is 4.74 Å². The minimum atomic E-state index is 0.0495. The maximum atomic E-state index is 9.20. The molecule has 1 fully saturated rings. The normalized spacial score (nSPS) is 24.7. The van der Waals surface area contributed by atoms with E-state index in [-0.39, 0.29) is 12.0 Å². The predicted molar refractivity (Wildman–Crippen MR) is 75.8 cm³/mol. The summed E-state index contributed by atoms with van der Waals surface area (Å²) in [5, 5.41) is 9.20. The standard InChI is InChI=1S/C14H16INO/c15-12-7-4-5-9-14(12)17-13-8-3-1-2-6-11(13)10-16/h4-5,7,9,11,13H,1-3,6,8H2. The molecule has 0 radical (unpaired) electrons. The van der Waals surface area contributed by atoms with Gasteiger partial charge in [-0.3, -0.25) is 0 Å². The second kappa shape index (κ2) is 6.25. The highest BCUT2D eigenvalue weighted by atomic mass is 127. The quantitative estimate of drug-likeness (QED) is 0.598. The molecule has 0 N–H and O–H groups in total. The van der Waals surface area contributed by atoms with Gasteiger partial charge in [0.05, 0.1) is 15.6 Å². The van der Waals surface area contributed by atoms with E-state index in [1.165, 1.54) is 12.8 Å². The summed E-state index contributed by atoms with van der Waals surface area (Å²) in [7, 11) is 0. The van der Waals surface area contributed by atoms with Gasteiger partial charge in [-0.25, -0.2) is 0 Å². The molecule has 3 heteroatoms. The monoisotopic (exact) mass is 341 g/mol. The fraction of sp³-hybridized carbons (Fsp3) is 0.500. The molecule has 1 aromatic rings. The van der Waals surface area contributed by atoms with Crippen LogP contribution in [0.5, 0.6) is 5.75 Å². The molecular formula is C14H16INO. The smallest absolute Gasteiger partial charge is 0.133 e. The highest BCUT2D eigenvalue weighted by Gasteiger charge is 2.25. The molecule has 0 heterocycles. The Morgan fingerprint density at radius 2 is 1.94 bits per heavy atom. The summed E-state index contributed by atoms with van der Waals surface area (Å²) in [6.45, 7) is 0. The van der Waals surface area contributed by atoms with Crippen LogP contribution in [-0.4, -0.2) is 6.10 Å². The maximum absolute atomic E-state index is 9.20. The third-order valence-corrected chi connectivity index (χ3v) is 4.12. The lowest BCUT2D eigenvalue weighted by Gasteiger charge is -2.21. The number of nitrogens with zero attached hydrogens (tertiary/aromatic N) is 1. The number of ether oxygens (including phenoxy) is 1. The summed E-state index contributed by atoms with van der Waals surface area (Å²) in [6, 6.07) is 10.4. The number of halogens is 1. The molecule has 1 saturated carbocycles. The number of benzene rings is 1. The average Bonchev–Trinajstić information content (AvgIpc) is 2.57. The van der Waals surface area contributed by atoms with Crippen molar-refractivity contribution >= 4 is 22.6 Å². The zero-order chi connectivity index (χ0) is 12.1. The minimum Gasteiger partial charge on any atom is -0.488 e. The van der Waals surface area contributed by atoms with E-state index in [9.17, 15) is 5.26 Å². The zero-order valence-corrected chi connectivity index (χ0v) is 11.9. The number of hydrogen-bond acceptors (Lipinski definition) is 2. The van der Waals surface area contributed by atoms with Crippen molar-refractivity contribution in [1.29, 1.82) is 5.26 Å². The van der Waals surface area contributed by atoms with Crippen LogP contribution >= 0.6 is 22.6 Å². The molecule has 0 aromatic heterocycles. The highest BCUT2D eigenvalue weighted by Crippen LogP contribution is 2.29. The van der Waals surface area contributed by atoms with Crippen molar-refractivity contribution in [3.05, 3.63) is 27.8 Å². The third kappa shape index (κ3) is 3.35. The van der Waals surface area contributed by atoms with E-state index in [0.29, 0.717) is 0 Å². The van der Waals surface area contributed by atoms with Gasteiger partial charge in [-0.05, 0) is 54.0 Å².